The molecule has 0 bridgehead atoms. The number of guanidine groups is 1. The third kappa shape index (κ3) is 4.88. The van der Waals surface area contributed by atoms with Gasteiger partial charge in [-0.15, -0.1) is 0 Å². The Labute approximate surface area is 121 Å². The molecule has 0 aliphatic carbocycles. The Balaban J connectivity index is 1.62. The van der Waals surface area contributed by atoms with Gasteiger partial charge in [0.15, 0.2) is 5.96 Å². The Bertz CT molecular complexity index is 289. The van der Waals surface area contributed by atoms with Crippen LogP contribution in [0.4, 0.5) is 0 Å². The van der Waals surface area contributed by atoms with Gasteiger partial charge in [0.05, 0.1) is 0 Å². The zero-order valence-electron chi connectivity index (χ0n) is 12.3. The minimum atomic E-state index is 0.777. The summed E-state index contributed by atoms with van der Waals surface area (Å²) in [6.45, 7) is 8.02. The molecule has 2 unspecified atom stereocenters. The molecule has 0 aromatic heterocycles. The number of thioether (sulfide) groups is 1. The lowest BCUT2D eigenvalue weighted by Gasteiger charge is -2.17. The van der Waals surface area contributed by atoms with E-state index in [9.17, 15) is 0 Å². The quantitative estimate of drug-likeness (QED) is 0.591. The van der Waals surface area contributed by atoms with Gasteiger partial charge < -0.3 is 15.5 Å². The van der Waals surface area contributed by atoms with Gasteiger partial charge in [0.25, 0.3) is 0 Å². The van der Waals surface area contributed by atoms with Crippen molar-refractivity contribution >= 4 is 17.7 Å². The van der Waals surface area contributed by atoms with Gasteiger partial charge >= 0.3 is 0 Å². The molecule has 0 aromatic rings. The second-order valence-corrected chi connectivity index (χ2v) is 6.93. The van der Waals surface area contributed by atoms with Crippen LogP contribution in [0.3, 0.4) is 0 Å². The highest BCUT2D eigenvalue weighted by molar-refractivity contribution is 8.00. The van der Waals surface area contributed by atoms with Crippen LogP contribution in [0.2, 0.25) is 0 Å². The van der Waals surface area contributed by atoms with Gasteiger partial charge in [0.2, 0.25) is 0 Å². The molecule has 2 N–H and O–H groups in total. The smallest absolute Gasteiger partial charge is 0.191 e. The summed E-state index contributed by atoms with van der Waals surface area (Å²) in [4.78, 5) is 6.85. The van der Waals surface area contributed by atoms with Crippen LogP contribution < -0.4 is 10.6 Å². The molecular formula is C14H28N4S. The van der Waals surface area contributed by atoms with Crippen molar-refractivity contribution in [2.75, 3.05) is 45.5 Å². The van der Waals surface area contributed by atoms with Crippen molar-refractivity contribution in [3.05, 3.63) is 0 Å². The molecule has 19 heavy (non-hydrogen) atoms. The summed E-state index contributed by atoms with van der Waals surface area (Å²) < 4.78 is 0. The van der Waals surface area contributed by atoms with E-state index in [4.69, 9.17) is 0 Å². The minimum absolute atomic E-state index is 0.777. The number of nitrogens with zero attached hydrogens (tertiary/aromatic N) is 2. The predicted molar refractivity (Wildman–Crippen MR) is 85.1 cm³/mol. The van der Waals surface area contributed by atoms with E-state index in [1.807, 2.05) is 7.05 Å². The summed E-state index contributed by atoms with van der Waals surface area (Å²) >= 11 is 2.09. The molecular weight excluding hydrogens is 256 g/mol. The monoisotopic (exact) mass is 284 g/mol. The minimum Gasteiger partial charge on any atom is -0.356 e. The van der Waals surface area contributed by atoms with Gasteiger partial charge in [-0.2, -0.15) is 11.8 Å². The number of hydrogen-bond donors (Lipinski definition) is 2. The van der Waals surface area contributed by atoms with Crippen molar-refractivity contribution < 1.29 is 0 Å². The maximum atomic E-state index is 4.32. The lowest BCUT2D eigenvalue weighted by Crippen LogP contribution is -2.42. The van der Waals surface area contributed by atoms with Gasteiger partial charge in [-0.05, 0) is 44.0 Å². The van der Waals surface area contributed by atoms with E-state index in [1.54, 1.807) is 0 Å². The maximum absolute atomic E-state index is 4.32. The summed E-state index contributed by atoms with van der Waals surface area (Å²) in [5, 5.41) is 7.73. The Morgan fingerprint density at radius 1 is 1.32 bits per heavy atom. The lowest BCUT2D eigenvalue weighted by atomic mass is 10.1. The summed E-state index contributed by atoms with van der Waals surface area (Å²) in [6, 6.07) is 0. The highest BCUT2D eigenvalue weighted by Crippen LogP contribution is 2.25. The van der Waals surface area contributed by atoms with Crippen LogP contribution in [0.15, 0.2) is 4.99 Å². The zero-order valence-corrected chi connectivity index (χ0v) is 13.1. The van der Waals surface area contributed by atoms with Crippen molar-refractivity contribution in [2.45, 2.75) is 31.4 Å². The average Bonchev–Trinajstić information content (AvgIpc) is 3.10. The second-order valence-electron chi connectivity index (χ2n) is 5.52. The van der Waals surface area contributed by atoms with E-state index in [-0.39, 0.29) is 0 Å². The molecule has 0 saturated carbocycles. The Morgan fingerprint density at radius 3 is 2.79 bits per heavy atom. The number of nitrogens with one attached hydrogen (secondary N) is 2. The van der Waals surface area contributed by atoms with Crippen LogP contribution in [0.25, 0.3) is 0 Å². The normalized spacial score (nSPS) is 28.8. The third-order valence-electron chi connectivity index (χ3n) is 4.12. The number of rotatable bonds is 5. The Morgan fingerprint density at radius 2 is 2.16 bits per heavy atom. The number of aliphatic imine (C=N–C) groups is 1. The highest BCUT2D eigenvalue weighted by atomic mass is 32.2. The van der Waals surface area contributed by atoms with Crippen molar-refractivity contribution in [1.82, 2.24) is 15.5 Å². The van der Waals surface area contributed by atoms with Gasteiger partial charge in [-0.1, -0.05) is 6.92 Å². The fourth-order valence-corrected chi connectivity index (χ4v) is 4.05. The second kappa shape index (κ2) is 8.00. The fraction of sp³-hybridized carbons (Fsp3) is 0.929. The highest BCUT2D eigenvalue weighted by Gasteiger charge is 2.21. The molecule has 0 radical (unpaired) electrons. The topological polar surface area (TPSA) is 39.7 Å². The molecule has 5 heteroatoms. The first-order valence-electron chi connectivity index (χ1n) is 7.60. The van der Waals surface area contributed by atoms with Crippen LogP contribution in [0.5, 0.6) is 0 Å². The molecule has 0 aromatic carbocycles. The molecule has 2 rings (SSSR count). The van der Waals surface area contributed by atoms with E-state index in [0.29, 0.717) is 0 Å². The lowest BCUT2D eigenvalue weighted by molar-refractivity contribution is 0.342. The zero-order chi connectivity index (χ0) is 13.5. The molecule has 2 heterocycles. The van der Waals surface area contributed by atoms with E-state index in [0.717, 1.165) is 30.2 Å². The molecule has 2 saturated heterocycles. The van der Waals surface area contributed by atoms with Crippen molar-refractivity contribution in [2.24, 2.45) is 10.9 Å². The van der Waals surface area contributed by atoms with Crippen molar-refractivity contribution in [3.8, 4) is 0 Å². The van der Waals surface area contributed by atoms with Crippen molar-refractivity contribution in [1.29, 1.82) is 0 Å². The van der Waals surface area contributed by atoms with Crippen LogP contribution in [0, 0.1) is 5.92 Å². The molecule has 2 fully saturated rings. The van der Waals surface area contributed by atoms with Gasteiger partial charge in [0, 0.05) is 31.9 Å². The van der Waals surface area contributed by atoms with E-state index < -0.39 is 0 Å². The molecule has 110 valence electrons. The van der Waals surface area contributed by atoms with Gasteiger partial charge in [-0.3, -0.25) is 4.99 Å². The SMILES string of the molecule is CCN1CCC(CNC(=NC)NCC2CCCS2)C1. The number of hydrogen-bond acceptors (Lipinski definition) is 3. The van der Waals surface area contributed by atoms with Crippen LogP contribution in [-0.4, -0.2) is 61.6 Å². The van der Waals surface area contributed by atoms with Crippen LogP contribution in [-0.2, 0) is 0 Å². The predicted octanol–water partition coefficient (Wildman–Crippen LogP) is 1.39. The van der Waals surface area contributed by atoms with E-state index in [1.165, 1.54) is 44.6 Å². The molecule has 0 amide bonds. The van der Waals surface area contributed by atoms with Gasteiger partial charge in [-0.25, -0.2) is 0 Å². The van der Waals surface area contributed by atoms with Crippen molar-refractivity contribution in [3.63, 3.8) is 0 Å². The fourth-order valence-electron chi connectivity index (χ4n) is 2.84. The maximum Gasteiger partial charge on any atom is 0.191 e. The Kier molecular flexibility index (Phi) is 6.31. The third-order valence-corrected chi connectivity index (χ3v) is 5.52. The molecule has 4 nitrogen and oxygen atoms in total. The Hall–Kier alpha value is -0.420. The standard InChI is InChI=1S/C14H28N4S/c1-3-18-7-6-12(11-18)9-16-14(15-2)17-10-13-5-4-8-19-13/h12-13H,3-11H2,1-2H3,(H2,15,16,17). The largest absolute Gasteiger partial charge is 0.356 e. The summed E-state index contributed by atoms with van der Waals surface area (Å²) in [5.74, 6) is 3.08. The molecule has 2 atom stereocenters. The first kappa shape index (κ1) is 15.0. The molecule has 2 aliphatic heterocycles. The first-order valence-corrected chi connectivity index (χ1v) is 8.65. The summed E-state index contributed by atoms with van der Waals surface area (Å²) in [5.41, 5.74) is 0. The average molecular weight is 284 g/mol. The molecule has 0 spiro atoms. The number of likely N-dealkylation sites (tertiary alicyclic amines) is 1. The van der Waals surface area contributed by atoms with Crippen LogP contribution in [0.1, 0.15) is 26.2 Å². The van der Waals surface area contributed by atoms with Gasteiger partial charge in [0.1, 0.15) is 0 Å². The van der Waals surface area contributed by atoms with E-state index >= 15 is 0 Å². The first-order chi connectivity index (χ1) is 9.31. The summed E-state index contributed by atoms with van der Waals surface area (Å²) in [7, 11) is 1.87. The molecule has 2 aliphatic rings. The van der Waals surface area contributed by atoms with Crippen LogP contribution >= 0.6 is 11.8 Å². The van der Waals surface area contributed by atoms with E-state index in [2.05, 4.69) is 39.2 Å². The summed E-state index contributed by atoms with van der Waals surface area (Å²) in [6.07, 6.45) is 4.04.